The van der Waals surface area contributed by atoms with Crippen molar-refractivity contribution in [1.29, 1.82) is 0 Å². The van der Waals surface area contributed by atoms with Crippen molar-refractivity contribution >= 4 is 43.6 Å². The smallest absolute Gasteiger partial charge is 0.246 e. The number of hydrogen-bond acceptors (Lipinski definition) is 3. The molecule has 2 heterocycles. The molecule has 1 aliphatic rings. The van der Waals surface area contributed by atoms with Gasteiger partial charge in [0.05, 0.1) is 11.5 Å². The van der Waals surface area contributed by atoms with Crippen LogP contribution in [0, 0.1) is 0 Å². The van der Waals surface area contributed by atoms with Gasteiger partial charge in [-0.3, -0.25) is 4.79 Å². The molecule has 0 saturated carbocycles. The second kappa shape index (κ2) is 7.67. The van der Waals surface area contributed by atoms with Crippen molar-refractivity contribution in [2.75, 3.05) is 18.1 Å². The Morgan fingerprint density at radius 2 is 1.90 bits per heavy atom. The number of carbonyl (C=O) groups excluding carboxylic acids is 1. The predicted molar refractivity (Wildman–Crippen MR) is 119 cm³/mol. The van der Waals surface area contributed by atoms with Gasteiger partial charge in [-0.15, -0.1) is 0 Å². The molecule has 3 aromatic rings. The molecule has 5 nitrogen and oxygen atoms in total. The summed E-state index contributed by atoms with van der Waals surface area (Å²) in [6.45, 7) is 5.43. The molecule has 1 saturated heterocycles. The molecule has 0 aliphatic carbocycles. The Bertz CT molecular complexity index is 1210. The van der Waals surface area contributed by atoms with Crippen LogP contribution in [0.25, 0.3) is 27.9 Å². The Hall–Kier alpha value is -2.60. The van der Waals surface area contributed by atoms with E-state index in [1.54, 1.807) is 11.0 Å². The third kappa shape index (κ3) is 3.69. The Labute approximate surface area is 171 Å². The van der Waals surface area contributed by atoms with Crippen molar-refractivity contribution < 1.29 is 13.2 Å². The molecule has 1 amide bonds. The molecule has 1 aromatic heterocycles. The molecule has 0 radical (unpaired) electrons. The van der Waals surface area contributed by atoms with Crippen molar-refractivity contribution in [2.45, 2.75) is 32.9 Å². The molecular weight excluding hydrogens is 384 g/mol. The van der Waals surface area contributed by atoms with E-state index in [0.29, 0.717) is 13.0 Å². The van der Waals surface area contributed by atoms with Gasteiger partial charge in [0.2, 0.25) is 5.91 Å². The van der Waals surface area contributed by atoms with Crippen LogP contribution >= 0.6 is 0 Å². The number of carbonyl (C=O) groups is 1. The molecule has 0 N–H and O–H groups in total. The molecule has 1 atom stereocenters. The first-order valence-corrected chi connectivity index (χ1v) is 12.0. The van der Waals surface area contributed by atoms with E-state index in [1.807, 2.05) is 25.1 Å². The molecule has 0 spiro atoms. The monoisotopic (exact) mass is 410 g/mol. The second-order valence-electron chi connectivity index (χ2n) is 7.55. The lowest BCUT2D eigenvalue weighted by Crippen LogP contribution is -2.40. The van der Waals surface area contributed by atoms with Crippen LogP contribution in [0.15, 0.2) is 48.5 Å². The van der Waals surface area contributed by atoms with Crippen LogP contribution in [0.1, 0.15) is 25.8 Å². The van der Waals surface area contributed by atoms with Gasteiger partial charge >= 0.3 is 0 Å². The van der Waals surface area contributed by atoms with Crippen molar-refractivity contribution in [1.82, 2.24) is 9.47 Å². The van der Waals surface area contributed by atoms with Crippen LogP contribution in [0.2, 0.25) is 0 Å². The van der Waals surface area contributed by atoms with Crippen LogP contribution in [-0.2, 0) is 21.2 Å². The minimum Gasteiger partial charge on any atom is -0.341 e. The van der Waals surface area contributed by atoms with E-state index in [2.05, 4.69) is 41.8 Å². The van der Waals surface area contributed by atoms with Gasteiger partial charge < -0.3 is 9.47 Å². The largest absolute Gasteiger partial charge is 0.341 e. The first-order valence-electron chi connectivity index (χ1n) is 10.1. The maximum atomic E-state index is 12.7. The van der Waals surface area contributed by atoms with Crippen LogP contribution in [-0.4, -0.2) is 47.9 Å². The average Bonchev–Trinajstić information content (AvgIpc) is 3.23. The number of hydrogen-bond donors (Lipinski definition) is 0. The molecule has 1 fully saturated rings. The minimum atomic E-state index is -3.02. The minimum absolute atomic E-state index is 0.0723. The number of fused-ring (bicyclic) bond motifs is 3. The van der Waals surface area contributed by atoms with Crippen molar-refractivity contribution in [3.05, 3.63) is 54.1 Å². The zero-order valence-corrected chi connectivity index (χ0v) is 17.7. The Morgan fingerprint density at radius 3 is 2.59 bits per heavy atom. The Balaban J connectivity index is 1.62. The number of para-hydroxylation sites is 1. The lowest BCUT2D eigenvalue weighted by Gasteiger charge is -2.25. The number of likely N-dealkylation sites (N-methyl/N-ethyl adjacent to an activating group) is 1. The van der Waals surface area contributed by atoms with Gasteiger partial charge in [-0.25, -0.2) is 8.42 Å². The van der Waals surface area contributed by atoms with Gasteiger partial charge in [-0.05, 0) is 50.1 Å². The number of rotatable bonds is 5. The molecule has 0 bridgehead atoms. The van der Waals surface area contributed by atoms with Gasteiger partial charge in [-0.1, -0.05) is 24.3 Å². The van der Waals surface area contributed by atoms with Crippen molar-refractivity contribution in [3.63, 3.8) is 0 Å². The fourth-order valence-electron chi connectivity index (χ4n) is 4.39. The first-order chi connectivity index (χ1) is 13.9. The maximum Gasteiger partial charge on any atom is 0.246 e. The van der Waals surface area contributed by atoms with Crippen molar-refractivity contribution in [2.24, 2.45) is 0 Å². The van der Waals surface area contributed by atoms with Crippen LogP contribution in [0.4, 0.5) is 0 Å². The molecule has 2 aromatic carbocycles. The second-order valence-corrected chi connectivity index (χ2v) is 9.78. The number of aromatic nitrogens is 1. The highest BCUT2D eigenvalue weighted by Crippen LogP contribution is 2.30. The number of aryl methyl sites for hydroxylation is 1. The van der Waals surface area contributed by atoms with E-state index in [-0.39, 0.29) is 23.5 Å². The third-order valence-electron chi connectivity index (χ3n) is 5.80. The van der Waals surface area contributed by atoms with Gasteiger partial charge in [-0.2, -0.15) is 0 Å². The lowest BCUT2D eigenvalue weighted by atomic mass is 10.1. The van der Waals surface area contributed by atoms with Crippen LogP contribution in [0.3, 0.4) is 0 Å². The highest BCUT2D eigenvalue weighted by Gasteiger charge is 2.33. The van der Waals surface area contributed by atoms with Gasteiger partial charge in [0.1, 0.15) is 0 Å². The average molecular weight is 411 g/mol. The van der Waals surface area contributed by atoms with Crippen LogP contribution < -0.4 is 0 Å². The molecule has 6 heteroatoms. The number of amides is 1. The lowest BCUT2D eigenvalue weighted by molar-refractivity contribution is -0.127. The summed E-state index contributed by atoms with van der Waals surface area (Å²) in [5.74, 6) is 0.109. The number of benzene rings is 2. The molecule has 4 rings (SSSR count). The summed E-state index contributed by atoms with van der Waals surface area (Å²) in [7, 11) is -3.02. The molecule has 1 aliphatic heterocycles. The maximum absolute atomic E-state index is 12.7. The summed E-state index contributed by atoms with van der Waals surface area (Å²) in [6, 6.07) is 14.4. The molecule has 0 unspecified atom stereocenters. The van der Waals surface area contributed by atoms with Gasteiger partial charge in [0, 0.05) is 47.0 Å². The van der Waals surface area contributed by atoms with Gasteiger partial charge in [0.15, 0.2) is 9.84 Å². The normalized spacial score (nSPS) is 18.8. The molecule has 29 heavy (non-hydrogen) atoms. The first kappa shape index (κ1) is 19.7. The molecular formula is C23H26N2O3S. The highest BCUT2D eigenvalue weighted by atomic mass is 32.2. The summed E-state index contributed by atoms with van der Waals surface area (Å²) >= 11 is 0. The van der Waals surface area contributed by atoms with E-state index in [0.717, 1.165) is 12.1 Å². The Kier molecular flexibility index (Phi) is 5.21. The van der Waals surface area contributed by atoms with Crippen molar-refractivity contribution in [3.8, 4) is 0 Å². The van der Waals surface area contributed by atoms with E-state index < -0.39 is 9.84 Å². The van der Waals surface area contributed by atoms with E-state index in [9.17, 15) is 13.2 Å². The summed E-state index contributed by atoms with van der Waals surface area (Å²) in [6.07, 6.45) is 3.92. The number of sulfone groups is 1. The topological polar surface area (TPSA) is 59.4 Å². The fourth-order valence-corrected chi connectivity index (χ4v) is 6.12. The quantitative estimate of drug-likeness (QED) is 0.600. The van der Waals surface area contributed by atoms with E-state index in [1.165, 1.54) is 21.8 Å². The Morgan fingerprint density at radius 1 is 1.14 bits per heavy atom. The fraction of sp³-hybridized carbons (Fsp3) is 0.348. The summed E-state index contributed by atoms with van der Waals surface area (Å²) in [4.78, 5) is 14.4. The summed E-state index contributed by atoms with van der Waals surface area (Å²) < 4.78 is 25.8. The van der Waals surface area contributed by atoms with E-state index >= 15 is 0 Å². The highest BCUT2D eigenvalue weighted by molar-refractivity contribution is 7.91. The zero-order valence-electron chi connectivity index (χ0n) is 16.8. The van der Waals surface area contributed by atoms with E-state index in [4.69, 9.17) is 0 Å². The third-order valence-corrected chi connectivity index (χ3v) is 7.55. The van der Waals surface area contributed by atoms with Crippen LogP contribution in [0.5, 0.6) is 0 Å². The number of nitrogens with zero attached hydrogens (tertiary/aromatic N) is 2. The predicted octanol–water partition coefficient (Wildman–Crippen LogP) is 3.86. The van der Waals surface area contributed by atoms with Gasteiger partial charge in [0.25, 0.3) is 0 Å². The summed E-state index contributed by atoms with van der Waals surface area (Å²) in [5.41, 5.74) is 3.35. The molecule has 152 valence electrons. The zero-order chi connectivity index (χ0) is 20.6. The standard InChI is InChI=1S/C23H26N2O3S/c1-3-24(18-13-14-29(27,28)16-18)23(26)12-10-17-9-11-22-20(15-17)19-7-5-6-8-21(19)25(22)4-2/h5-12,15,18H,3-4,13-14,16H2,1-2H3/b12-10-/t18-/m1/s1. The SMILES string of the molecule is CCN(C(=O)/C=C\c1ccc2c(c1)c1ccccc1n2CC)[C@@H]1CCS(=O)(=O)C1. The summed E-state index contributed by atoms with van der Waals surface area (Å²) in [5, 5.41) is 2.38.